The van der Waals surface area contributed by atoms with Crippen LogP contribution in [0.4, 0.5) is 4.79 Å². The molecule has 0 unspecified atom stereocenters. The first-order valence-corrected chi connectivity index (χ1v) is 12.4. The summed E-state index contributed by atoms with van der Waals surface area (Å²) >= 11 is 6.90. The highest BCUT2D eigenvalue weighted by molar-refractivity contribution is 8.18. The van der Waals surface area contributed by atoms with Crippen molar-refractivity contribution in [3.05, 3.63) is 63.5 Å². The molecular formula is C25H25ClN2O6S. The van der Waals surface area contributed by atoms with Gasteiger partial charge in [-0.2, -0.15) is 0 Å². The molecule has 3 amide bonds. The maximum absolute atomic E-state index is 12.9. The number of thioether (sulfide) groups is 1. The topological polar surface area (TPSA) is 85.4 Å². The van der Waals surface area contributed by atoms with Crippen LogP contribution in [-0.2, 0) is 20.9 Å². The molecule has 0 aromatic heterocycles. The third kappa shape index (κ3) is 6.36. The molecule has 2 aromatic rings. The minimum Gasteiger partial charge on any atom is -0.490 e. The van der Waals surface area contributed by atoms with E-state index in [9.17, 15) is 14.4 Å². The average molecular weight is 517 g/mol. The first kappa shape index (κ1) is 25.1. The summed E-state index contributed by atoms with van der Waals surface area (Å²) in [5, 5.41) is 0.204. The summed E-state index contributed by atoms with van der Waals surface area (Å²) in [6.07, 6.45) is 1.65. The van der Waals surface area contributed by atoms with Gasteiger partial charge in [0.1, 0.15) is 0 Å². The number of nitrogens with zero attached hydrogens (tertiary/aromatic N) is 2. The van der Waals surface area contributed by atoms with Gasteiger partial charge in [-0.05, 0) is 60.2 Å². The van der Waals surface area contributed by atoms with E-state index in [-0.39, 0.29) is 30.2 Å². The standard InChI is InChI=1S/C25H25ClN2O6S/c1-2-33-21-13-17(6-7-20(21)34-16-23(29)27-8-10-32-11-9-27)14-22-24(30)28(25(31)35-22)15-18-4-3-5-19(26)12-18/h3-7,12-14H,2,8-11,15-16H2,1H3/b22-14-. The number of rotatable bonds is 8. The second-order valence-corrected chi connectivity index (χ2v) is 9.25. The van der Waals surface area contributed by atoms with Crippen LogP contribution in [0.3, 0.4) is 0 Å². The van der Waals surface area contributed by atoms with Crippen molar-refractivity contribution in [3.8, 4) is 11.5 Å². The summed E-state index contributed by atoms with van der Waals surface area (Å²) in [6, 6.07) is 12.2. The Morgan fingerprint density at radius 2 is 1.91 bits per heavy atom. The zero-order valence-corrected chi connectivity index (χ0v) is 20.8. The Bertz CT molecular complexity index is 1150. The summed E-state index contributed by atoms with van der Waals surface area (Å²) in [6.45, 7) is 4.42. The Balaban J connectivity index is 1.45. The highest BCUT2D eigenvalue weighted by Gasteiger charge is 2.35. The first-order valence-electron chi connectivity index (χ1n) is 11.2. The fourth-order valence-corrected chi connectivity index (χ4v) is 4.70. The molecule has 2 aromatic carbocycles. The predicted molar refractivity (Wildman–Crippen MR) is 133 cm³/mol. The summed E-state index contributed by atoms with van der Waals surface area (Å²) in [5.74, 6) is 0.399. The smallest absolute Gasteiger partial charge is 0.293 e. The fraction of sp³-hybridized carbons (Fsp3) is 0.320. The van der Waals surface area contributed by atoms with Crippen molar-refractivity contribution < 1.29 is 28.6 Å². The Labute approximate surface area is 212 Å². The van der Waals surface area contributed by atoms with E-state index in [0.29, 0.717) is 59.9 Å². The summed E-state index contributed by atoms with van der Waals surface area (Å²) in [4.78, 5) is 41.0. The second-order valence-electron chi connectivity index (χ2n) is 7.82. The highest BCUT2D eigenvalue weighted by Crippen LogP contribution is 2.35. The van der Waals surface area contributed by atoms with Gasteiger partial charge in [0.25, 0.3) is 17.1 Å². The molecule has 0 aliphatic carbocycles. The van der Waals surface area contributed by atoms with Gasteiger partial charge >= 0.3 is 0 Å². The number of hydrogen-bond acceptors (Lipinski definition) is 7. The van der Waals surface area contributed by atoms with Gasteiger partial charge in [0.15, 0.2) is 18.1 Å². The lowest BCUT2D eigenvalue weighted by Gasteiger charge is -2.26. The summed E-state index contributed by atoms with van der Waals surface area (Å²) in [7, 11) is 0. The molecule has 0 saturated carbocycles. The Morgan fingerprint density at radius 3 is 2.66 bits per heavy atom. The van der Waals surface area contributed by atoms with Crippen LogP contribution in [0.5, 0.6) is 11.5 Å². The molecule has 0 spiro atoms. The minimum atomic E-state index is -0.366. The molecule has 4 rings (SSSR count). The van der Waals surface area contributed by atoms with Gasteiger partial charge in [-0.3, -0.25) is 19.3 Å². The molecule has 0 atom stereocenters. The van der Waals surface area contributed by atoms with Crippen molar-refractivity contribution in [1.29, 1.82) is 0 Å². The van der Waals surface area contributed by atoms with Crippen LogP contribution in [0.1, 0.15) is 18.1 Å². The molecule has 2 aliphatic heterocycles. The fourth-order valence-electron chi connectivity index (χ4n) is 3.65. The van der Waals surface area contributed by atoms with Crippen molar-refractivity contribution in [1.82, 2.24) is 9.80 Å². The number of amides is 3. The number of carbonyl (C=O) groups excluding carboxylic acids is 3. The Morgan fingerprint density at radius 1 is 1.11 bits per heavy atom. The lowest BCUT2D eigenvalue weighted by atomic mass is 10.1. The van der Waals surface area contributed by atoms with E-state index in [2.05, 4.69) is 0 Å². The van der Waals surface area contributed by atoms with Gasteiger partial charge in [0.2, 0.25) is 0 Å². The molecule has 2 saturated heterocycles. The summed E-state index contributed by atoms with van der Waals surface area (Å²) < 4.78 is 16.7. The largest absolute Gasteiger partial charge is 0.490 e. The number of carbonyl (C=O) groups is 3. The van der Waals surface area contributed by atoms with E-state index in [1.807, 2.05) is 13.0 Å². The van der Waals surface area contributed by atoms with Gasteiger partial charge < -0.3 is 19.1 Å². The number of ether oxygens (including phenoxy) is 3. The third-order valence-electron chi connectivity index (χ3n) is 5.38. The second kappa shape index (κ2) is 11.6. The van der Waals surface area contributed by atoms with E-state index in [0.717, 1.165) is 17.3 Å². The van der Waals surface area contributed by atoms with E-state index in [1.165, 1.54) is 4.90 Å². The zero-order chi connectivity index (χ0) is 24.8. The Hall–Kier alpha value is -3.01. The van der Waals surface area contributed by atoms with Crippen LogP contribution < -0.4 is 9.47 Å². The molecule has 2 aliphatic rings. The molecule has 8 nitrogen and oxygen atoms in total. The number of morpholine rings is 1. The monoisotopic (exact) mass is 516 g/mol. The summed E-state index contributed by atoms with van der Waals surface area (Å²) in [5.41, 5.74) is 1.45. The van der Waals surface area contributed by atoms with Crippen LogP contribution in [-0.4, -0.2) is 66.4 Å². The normalized spacial score (nSPS) is 17.3. The SMILES string of the molecule is CCOc1cc(/C=C2\SC(=O)N(Cc3cccc(Cl)c3)C2=O)ccc1OCC(=O)N1CCOCC1. The van der Waals surface area contributed by atoms with Crippen molar-refractivity contribution in [2.75, 3.05) is 39.5 Å². The molecule has 184 valence electrons. The lowest BCUT2D eigenvalue weighted by Crippen LogP contribution is -2.43. The minimum absolute atomic E-state index is 0.109. The van der Waals surface area contributed by atoms with Crippen LogP contribution in [0.2, 0.25) is 5.02 Å². The van der Waals surface area contributed by atoms with Crippen molar-refractivity contribution in [3.63, 3.8) is 0 Å². The van der Waals surface area contributed by atoms with E-state index in [4.69, 9.17) is 25.8 Å². The van der Waals surface area contributed by atoms with Crippen LogP contribution >= 0.6 is 23.4 Å². The molecule has 0 N–H and O–H groups in total. The van der Waals surface area contributed by atoms with Crippen molar-refractivity contribution in [2.45, 2.75) is 13.5 Å². The zero-order valence-electron chi connectivity index (χ0n) is 19.2. The van der Waals surface area contributed by atoms with Gasteiger partial charge in [-0.25, -0.2) is 0 Å². The molecular weight excluding hydrogens is 492 g/mol. The van der Waals surface area contributed by atoms with Crippen LogP contribution in [0, 0.1) is 0 Å². The molecule has 2 heterocycles. The van der Waals surface area contributed by atoms with Crippen molar-refractivity contribution >= 4 is 46.5 Å². The lowest BCUT2D eigenvalue weighted by molar-refractivity contribution is -0.137. The molecule has 0 radical (unpaired) electrons. The third-order valence-corrected chi connectivity index (χ3v) is 6.53. The van der Waals surface area contributed by atoms with Gasteiger partial charge in [0.05, 0.1) is 31.3 Å². The van der Waals surface area contributed by atoms with E-state index >= 15 is 0 Å². The van der Waals surface area contributed by atoms with E-state index < -0.39 is 0 Å². The quantitative estimate of drug-likeness (QED) is 0.486. The van der Waals surface area contributed by atoms with Crippen LogP contribution in [0.15, 0.2) is 47.4 Å². The molecule has 35 heavy (non-hydrogen) atoms. The Kier molecular flexibility index (Phi) is 8.33. The van der Waals surface area contributed by atoms with Crippen molar-refractivity contribution in [2.24, 2.45) is 0 Å². The average Bonchev–Trinajstić information content (AvgIpc) is 3.11. The van der Waals surface area contributed by atoms with E-state index in [1.54, 1.807) is 47.4 Å². The maximum Gasteiger partial charge on any atom is 0.293 e. The van der Waals surface area contributed by atoms with Gasteiger partial charge in [-0.15, -0.1) is 0 Å². The molecule has 2 fully saturated rings. The highest BCUT2D eigenvalue weighted by atomic mass is 35.5. The number of hydrogen-bond donors (Lipinski definition) is 0. The first-order chi connectivity index (χ1) is 16.9. The maximum atomic E-state index is 12.9. The number of imide groups is 1. The van der Waals surface area contributed by atoms with Crippen LogP contribution in [0.25, 0.3) is 6.08 Å². The number of benzene rings is 2. The molecule has 10 heteroatoms. The predicted octanol–water partition coefficient (Wildman–Crippen LogP) is 4.21. The molecule has 0 bridgehead atoms. The van der Waals surface area contributed by atoms with Gasteiger partial charge in [-0.1, -0.05) is 29.8 Å². The number of halogens is 1. The van der Waals surface area contributed by atoms with Gasteiger partial charge in [0, 0.05) is 18.1 Å².